The van der Waals surface area contributed by atoms with E-state index >= 15 is 0 Å². The molecule has 0 aliphatic carbocycles. The van der Waals surface area contributed by atoms with E-state index in [2.05, 4.69) is 5.32 Å². The molecule has 0 radical (unpaired) electrons. The average molecular weight is 421 g/mol. The summed E-state index contributed by atoms with van der Waals surface area (Å²) < 4.78 is 27.2. The van der Waals surface area contributed by atoms with Crippen molar-refractivity contribution < 1.29 is 13.2 Å². The molecule has 1 aliphatic heterocycles. The van der Waals surface area contributed by atoms with Crippen LogP contribution in [0.2, 0.25) is 5.02 Å². The first-order chi connectivity index (χ1) is 13.5. The molecular formula is C21H25ClN2O3S. The molecule has 0 aromatic heterocycles. The first-order valence-corrected chi connectivity index (χ1v) is 11.4. The first-order valence-electron chi connectivity index (χ1n) is 9.60. The number of nitrogens with zero attached hydrogens (tertiary/aromatic N) is 1. The molecule has 150 valence electrons. The van der Waals surface area contributed by atoms with Crippen LogP contribution in [-0.4, -0.2) is 38.3 Å². The van der Waals surface area contributed by atoms with Gasteiger partial charge >= 0.3 is 0 Å². The van der Waals surface area contributed by atoms with Gasteiger partial charge in [0.05, 0.1) is 15.5 Å². The second-order valence-corrected chi connectivity index (χ2v) is 9.29. The van der Waals surface area contributed by atoms with Crippen LogP contribution in [0.15, 0.2) is 53.4 Å². The van der Waals surface area contributed by atoms with Crippen molar-refractivity contribution >= 4 is 27.5 Å². The molecule has 0 bridgehead atoms. The van der Waals surface area contributed by atoms with E-state index in [1.54, 1.807) is 40.7 Å². The number of rotatable bonds is 6. The fourth-order valence-electron chi connectivity index (χ4n) is 3.32. The zero-order valence-electron chi connectivity index (χ0n) is 15.7. The van der Waals surface area contributed by atoms with E-state index in [4.69, 9.17) is 11.6 Å². The highest BCUT2D eigenvalue weighted by Crippen LogP contribution is 2.21. The largest absolute Gasteiger partial charge is 0.352 e. The van der Waals surface area contributed by atoms with Gasteiger partial charge in [0.15, 0.2) is 0 Å². The molecule has 0 atom stereocenters. The number of hydrogen-bond acceptors (Lipinski definition) is 3. The monoisotopic (exact) mass is 420 g/mol. The van der Waals surface area contributed by atoms with Gasteiger partial charge in [-0.05, 0) is 49.1 Å². The minimum Gasteiger partial charge on any atom is -0.352 e. The van der Waals surface area contributed by atoms with Gasteiger partial charge in [0.25, 0.3) is 5.91 Å². The smallest absolute Gasteiger partial charge is 0.252 e. The molecule has 1 amide bonds. The number of hydrogen-bond donors (Lipinski definition) is 1. The third-order valence-electron chi connectivity index (χ3n) is 4.94. The lowest BCUT2D eigenvalue weighted by Crippen LogP contribution is -2.31. The summed E-state index contributed by atoms with van der Waals surface area (Å²) in [6.07, 6.45) is 4.63. The summed E-state index contributed by atoms with van der Waals surface area (Å²) >= 11 is 6.03. The third-order valence-corrected chi connectivity index (χ3v) is 7.19. The highest BCUT2D eigenvalue weighted by atomic mass is 35.5. The number of carbonyl (C=O) groups excluding carboxylic acids is 1. The number of nitrogens with one attached hydrogen (secondary N) is 1. The molecule has 2 aromatic carbocycles. The van der Waals surface area contributed by atoms with Crippen molar-refractivity contribution in [2.45, 2.75) is 37.0 Å². The Morgan fingerprint density at radius 2 is 1.61 bits per heavy atom. The summed E-state index contributed by atoms with van der Waals surface area (Å²) in [5.74, 6) is -0.217. The minimum atomic E-state index is -3.43. The van der Waals surface area contributed by atoms with Crippen LogP contribution in [0.3, 0.4) is 0 Å². The van der Waals surface area contributed by atoms with Crippen LogP contribution < -0.4 is 5.32 Å². The zero-order valence-corrected chi connectivity index (χ0v) is 17.3. The molecule has 1 N–H and O–H groups in total. The summed E-state index contributed by atoms with van der Waals surface area (Å²) in [7, 11) is -3.43. The Balaban J connectivity index is 1.57. The number of sulfonamides is 1. The maximum absolute atomic E-state index is 12.8. The van der Waals surface area contributed by atoms with Crippen molar-refractivity contribution in [3.05, 3.63) is 64.7 Å². The van der Waals surface area contributed by atoms with Crippen LogP contribution in [0.1, 0.15) is 41.6 Å². The predicted molar refractivity (Wildman–Crippen MR) is 111 cm³/mol. The van der Waals surface area contributed by atoms with E-state index in [0.717, 1.165) is 31.2 Å². The van der Waals surface area contributed by atoms with Gasteiger partial charge in [-0.15, -0.1) is 0 Å². The Morgan fingerprint density at radius 3 is 2.25 bits per heavy atom. The van der Waals surface area contributed by atoms with Crippen LogP contribution >= 0.6 is 11.6 Å². The molecule has 28 heavy (non-hydrogen) atoms. The lowest BCUT2D eigenvalue weighted by molar-refractivity contribution is 0.0954. The Labute approximate surface area is 171 Å². The summed E-state index contributed by atoms with van der Waals surface area (Å²) in [5.41, 5.74) is 1.41. The topological polar surface area (TPSA) is 66.5 Å². The van der Waals surface area contributed by atoms with Gasteiger partial charge in [-0.2, -0.15) is 4.31 Å². The number of amides is 1. The van der Waals surface area contributed by atoms with Crippen molar-refractivity contribution in [2.24, 2.45) is 0 Å². The Kier molecular flexibility index (Phi) is 7.10. The second-order valence-electron chi connectivity index (χ2n) is 6.95. The number of benzene rings is 2. The Bertz CT molecular complexity index is 906. The lowest BCUT2D eigenvalue weighted by Gasteiger charge is -2.20. The molecule has 7 heteroatoms. The van der Waals surface area contributed by atoms with Crippen LogP contribution in [0, 0.1) is 0 Å². The molecule has 1 saturated heterocycles. The zero-order chi connectivity index (χ0) is 20.0. The highest BCUT2D eigenvalue weighted by Gasteiger charge is 2.24. The van der Waals surface area contributed by atoms with Crippen LogP contribution in [-0.2, 0) is 16.4 Å². The molecule has 5 nitrogen and oxygen atoms in total. The number of carbonyl (C=O) groups is 1. The van der Waals surface area contributed by atoms with Gasteiger partial charge in [0, 0.05) is 19.6 Å². The molecular weight excluding hydrogens is 396 g/mol. The van der Waals surface area contributed by atoms with Gasteiger partial charge in [0.2, 0.25) is 10.0 Å². The van der Waals surface area contributed by atoms with Crippen LogP contribution in [0.5, 0.6) is 0 Å². The maximum atomic E-state index is 12.8. The fraction of sp³-hybridized carbons (Fsp3) is 0.381. The van der Waals surface area contributed by atoms with Crippen molar-refractivity contribution in [3.8, 4) is 0 Å². The van der Waals surface area contributed by atoms with E-state index in [1.165, 1.54) is 0 Å². The average Bonchev–Trinajstić information content (AvgIpc) is 2.99. The van der Waals surface area contributed by atoms with Gasteiger partial charge in [0.1, 0.15) is 0 Å². The van der Waals surface area contributed by atoms with Gasteiger partial charge in [-0.3, -0.25) is 4.79 Å². The minimum absolute atomic E-state index is 0.217. The van der Waals surface area contributed by atoms with E-state index in [-0.39, 0.29) is 5.91 Å². The van der Waals surface area contributed by atoms with Crippen molar-refractivity contribution in [2.75, 3.05) is 19.6 Å². The molecule has 1 fully saturated rings. The van der Waals surface area contributed by atoms with Crippen molar-refractivity contribution in [3.63, 3.8) is 0 Å². The quantitative estimate of drug-likeness (QED) is 0.771. The predicted octanol–water partition coefficient (Wildman–Crippen LogP) is 3.88. The molecule has 1 aliphatic rings. The lowest BCUT2D eigenvalue weighted by atomic mass is 10.1. The molecule has 0 spiro atoms. The van der Waals surface area contributed by atoms with Gasteiger partial charge in [-0.25, -0.2) is 8.42 Å². The summed E-state index contributed by atoms with van der Waals surface area (Å²) in [6, 6.07) is 13.8. The highest BCUT2D eigenvalue weighted by molar-refractivity contribution is 7.89. The summed E-state index contributed by atoms with van der Waals surface area (Å²) in [5, 5.41) is 3.26. The fourth-order valence-corrected chi connectivity index (χ4v) is 5.06. The maximum Gasteiger partial charge on any atom is 0.252 e. The van der Waals surface area contributed by atoms with E-state index in [9.17, 15) is 13.2 Å². The van der Waals surface area contributed by atoms with E-state index in [0.29, 0.717) is 41.5 Å². The first kappa shape index (κ1) is 20.8. The van der Waals surface area contributed by atoms with Crippen molar-refractivity contribution in [1.82, 2.24) is 9.62 Å². The normalized spacial score (nSPS) is 15.8. The second kappa shape index (κ2) is 9.54. The van der Waals surface area contributed by atoms with Crippen molar-refractivity contribution in [1.29, 1.82) is 0 Å². The molecule has 1 heterocycles. The SMILES string of the molecule is O=C(NCCc1ccc(S(=O)(=O)N2CCCCCC2)cc1)c1ccccc1Cl. The summed E-state index contributed by atoms with van der Waals surface area (Å²) in [6.45, 7) is 1.64. The van der Waals surface area contributed by atoms with Crippen LogP contribution in [0.4, 0.5) is 0 Å². The van der Waals surface area contributed by atoms with Crippen LogP contribution in [0.25, 0.3) is 0 Å². The number of halogens is 1. The summed E-state index contributed by atoms with van der Waals surface area (Å²) in [4.78, 5) is 12.5. The molecule has 2 aromatic rings. The molecule has 3 rings (SSSR count). The standard InChI is InChI=1S/C21H25ClN2O3S/c22-20-8-4-3-7-19(20)21(25)23-14-13-17-9-11-18(12-10-17)28(26,27)24-15-5-1-2-6-16-24/h3-4,7-12H,1-2,5-6,13-16H2,(H,23,25). The van der Waals surface area contributed by atoms with E-state index in [1.807, 2.05) is 12.1 Å². The Morgan fingerprint density at radius 1 is 0.964 bits per heavy atom. The molecule has 0 saturated carbocycles. The molecule has 0 unspecified atom stereocenters. The van der Waals surface area contributed by atoms with Gasteiger partial charge < -0.3 is 5.32 Å². The third kappa shape index (κ3) is 5.13. The van der Waals surface area contributed by atoms with E-state index < -0.39 is 10.0 Å². The van der Waals surface area contributed by atoms with Gasteiger partial charge in [-0.1, -0.05) is 48.7 Å². The Hall–Kier alpha value is -1.89.